The zero-order chi connectivity index (χ0) is 20.5. The summed E-state index contributed by atoms with van der Waals surface area (Å²) in [5.74, 6) is -5.75. The summed E-state index contributed by atoms with van der Waals surface area (Å²) in [4.78, 5) is 29.3. The Kier molecular flexibility index (Phi) is 5.95. The number of nitrogens with zero attached hydrogens (tertiary/aromatic N) is 3. The van der Waals surface area contributed by atoms with Crippen molar-refractivity contribution in [1.29, 1.82) is 0 Å². The van der Waals surface area contributed by atoms with Crippen LogP contribution in [-0.4, -0.2) is 84.2 Å². The number of carbonyl (C=O) groups is 2. The zero-order valence-corrected chi connectivity index (χ0v) is 15.7. The maximum atomic E-state index is 13.1. The predicted molar refractivity (Wildman–Crippen MR) is 95.8 cm³/mol. The third-order valence-electron chi connectivity index (χ3n) is 5.55. The van der Waals surface area contributed by atoms with E-state index in [9.17, 15) is 22.8 Å². The highest BCUT2D eigenvalue weighted by molar-refractivity contribution is 5.95. The Morgan fingerprint density at radius 3 is 2.18 bits per heavy atom. The molecule has 0 radical (unpaired) electrons. The molecule has 6 nitrogen and oxygen atoms in total. The molecule has 1 aromatic rings. The van der Waals surface area contributed by atoms with Crippen molar-refractivity contribution in [3.63, 3.8) is 0 Å². The maximum Gasteiger partial charge on any atom is 0.394 e. The van der Waals surface area contributed by atoms with Crippen molar-refractivity contribution < 1.29 is 27.9 Å². The van der Waals surface area contributed by atoms with E-state index in [1.165, 1.54) is 0 Å². The Labute approximate surface area is 161 Å². The maximum absolute atomic E-state index is 13.1. The molecule has 3 rings (SSSR count). The molecule has 2 saturated heterocycles. The Morgan fingerprint density at radius 2 is 1.68 bits per heavy atom. The number of carboxylic acids is 1. The van der Waals surface area contributed by atoms with Gasteiger partial charge in [0.15, 0.2) is 0 Å². The van der Waals surface area contributed by atoms with Gasteiger partial charge < -0.3 is 14.9 Å². The second-order valence-corrected chi connectivity index (χ2v) is 7.58. The Balaban J connectivity index is 1.64. The van der Waals surface area contributed by atoms with Crippen LogP contribution < -0.4 is 0 Å². The quantitative estimate of drug-likeness (QED) is 0.836. The van der Waals surface area contributed by atoms with Crippen LogP contribution in [0.2, 0.25) is 0 Å². The average Bonchev–Trinajstić information content (AvgIpc) is 3.10. The lowest BCUT2D eigenvalue weighted by Crippen LogP contribution is -2.43. The van der Waals surface area contributed by atoms with Gasteiger partial charge in [-0.3, -0.25) is 14.5 Å². The first-order valence-corrected chi connectivity index (χ1v) is 9.24. The lowest BCUT2D eigenvalue weighted by Gasteiger charge is -2.32. The number of likely N-dealkylation sites (tertiary alicyclic amines) is 1. The molecule has 28 heavy (non-hydrogen) atoms. The number of rotatable bonds is 4. The Hall–Kier alpha value is -2.13. The number of aliphatic carboxylic acids is 1. The lowest BCUT2D eigenvalue weighted by molar-refractivity contribution is -0.187. The fourth-order valence-electron chi connectivity index (χ4n) is 3.75. The van der Waals surface area contributed by atoms with Crippen LogP contribution >= 0.6 is 0 Å². The van der Waals surface area contributed by atoms with E-state index in [4.69, 9.17) is 5.11 Å². The van der Waals surface area contributed by atoms with E-state index < -0.39 is 43.0 Å². The van der Waals surface area contributed by atoms with Gasteiger partial charge in [0.2, 0.25) is 0 Å². The molecule has 9 heteroatoms. The number of hydrogen-bond donors (Lipinski definition) is 1. The summed E-state index contributed by atoms with van der Waals surface area (Å²) in [5.41, 5.74) is 1.30. The van der Waals surface area contributed by atoms with Gasteiger partial charge in [-0.05, 0) is 24.7 Å². The van der Waals surface area contributed by atoms with Crippen molar-refractivity contribution in [2.45, 2.75) is 12.7 Å². The van der Waals surface area contributed by atoms with E-state index in [1.807, 2.05) is 0 Å². The minimum absolute atomic E-state index is 0.272. The monoisotopic (exact) mass is 399 g/mol. The average molecular weight is 399 g/mol. The highest BCUT2D eigenvalue weighted by atomic mass is 19.4. The second kappa shape index (κ2) is 8.08. The van der Waals surface area contributed by atoms with Crippen molar-refractivity contribution in [2.75, 3.05) is 46.3 Å². The van der Waals surface area contributed by atoms with Gasteiger partial charge in [0.05, 0.1) is 11.8 Å². The molecule has 1 amide bonds. The van der Waals surface area contributed by atoms with Crippen LogP contribution in [0.4, 0.5) is 13.2 Å². The number of piperazine rings is 1. The molecule has 1 N–H and O–H groups in total. The number of amides is 1. The Morgan fingerprint density at radius 1 is 1.07 bits per heavy atom. The van der Waals surface area contributed by atoms with E-state index in [0.717, 1.165) is 43.2 Å². The molecule has 2 aliphatic rings. The second-order valence-electron chi connectivity index (χ2n) is 7.58. The van der Waals surface area contributed by atoms with E-state index in [1.54, 1.807) is 24.3 Å². The van der Waals surface area contributed by atoms with Crippen LogP contribution in [0, 0.1) is 11.8 Å². The summed E-state index contributed by atoms with van der Waals surface area (Å²) in [5, 5.41) is 9.08. The van der Waals surface area contributed by atoms with Crippen LogP contribution in [0.25, 0.3) is 0 Å². The van der Waals surface area contributed by atoms with Gasteiger partial charge in [-0.1, -0.05) is 12.1 Å². The number of likely N-dealkylation sites (N-methyl/N-ethyl adjacent to an activating group) is 1. The molecule has 2 fully saturated rings. The molecule has 0 bridgehead atoms. The fraction of sp³-hybridized carbons (Fsp3) is 0.579. The summed E-state index contributed by atoms with van der Waals surface area (Å²) in [6, 6.07) is 6.81. The topological polar surface area (TPSA) is 64.1 Å². The molecule has 0 unspecified atom stereocenters. The normalized spacial score (nSPS) is 24.5. The van der Waals surface area contributed by atoms with E-state index >= 15 is 0 Å². The molecule has 2 heterocycles. The standard InChI is InChI=1S/C19H24F3N3O3/c1-23-6-8-24(9-7-23)10-13-2-4-14(5-3-13)17(26)25-11-15(18(27)28)16(12-25)19(20,21)22/h2-5,15-16H,6-12H2,1H3,(H,27,28)/t15-,16-/m1/s1. The van der Waals surface area contributed by atoms with Crippen molar-refractivity contribution >= 4 is 11.9 Å². The number of carbonyl (C=O) groups excluding carboxylic acids is 1. The summed E-state index contributed by atoms with van der Waals surface area (Å²) in [7, 11) is 2.08. The number of carboxylic acid groups (broad SMARTS) is 1. The molecule has 0 aromatic heterocycles. The van der Waals surface area contributed by atoms with Crippen molar-refractivity contribution in [2.24, 2.45) is 11.8 Å². The number of hydrogen-bond acceptors (Lipinski definition) is 4. The third-order valence-corrected chi connectivity index (χ3v) is 5.55. The minimum Gasteiger partial charge on any atom is -0.481 e. The van der Waals surface area contributed by atoms with Gasteiger partial charge in [0, 0.05) is 51.4 Å². The van der Waals surface area contributed by atoms with Crippen LogP contribution in [0.15, 0.2) is 24.3 Å². The molecule has 0 aliphatic carbocycles. The lowest BCUT2D eigenvalue weighted by atomic mass is 9.96. The zero-order valence-electron chi connectivity index (χ0n) is 15.7. The van der Waals surface area contributed by atoms with Crippen molar-refractivity contribution in [3.8, 4) is 0 Å². The molecule has 2 atom stereocenters. The van der Waals surface area contributed by atoms with Gasteiger partial charge in [-0.15, -0.1) is 0 Å². The summed E-state index contributed by atoms with van der Waals surface area (Å²) < 4.78 is 39.3. The van der Waals surface area contributed by atoms with Crippen molar-refractivity contribution in [3.05, 3.63) is 35.4 Å². The van der Waals surface area contributed by atoms with Gasteiger partial charge in [0.25, 0.3) is 5.91 Å². The van der Waals surface area contributed by atoms with Crippen LogP contribution in [-0.2, 0) is 11.3 Å². The number of halogens is 3. The van der Waals surface area contributed by atoms with Crippen LogP contribution in [0.1, 0.15) is 15.9 Å². The largest absolute Gasteiger partial charge is 0.481 e. The Bertz CT molecular complexity index is 715. The van der Waals surface area contributed by atoms with Crippen molar-refractivity contribution in [1.82, 2.24) is 14.7 Å². The SMILES string of the molecule is CN1CCN(Cc2ccc(C(=O)N3C[C@@H](C(F)(F)F)[C@H](C(=O)O)C3)cc2)CC1. The number of alkyl halides is 3. The molecule has 1 aromatic carbocycles. The molecular weight excluding hydrogens is 375 g/mol. The first-order chi connectivity index (χ1) is 13.1. The van der Waals surface area contributed by atoms with E-state index in [2.05, 4.69) is 16.8 Å². The smallest absolute Gasteiger partial charge is 0.394 e. The van der Waals surface area contributed by atoms with Gasteiger partial charge in [-0.25, -0.2) is 0 Å². The van der Waals surface area contributed by atoms with E-state index in [0.29, 0.717) is 0 Å². The van der Waals surface area contributed by atoms with Gasteiger partial charge in [-0.2, -0.15) is 13.2 Å². The third kappa shape index (κ3) is 4.64. The molecule has 0 saturated carbocycles. The first kappa shape index (κ1) is 20.6. The van der Waals surface area contributed by atoms with Crippen LogP contribution in [0.5, 0.6) is 0 Å². The first-order valence-electron chi connectivity index (χ1n) is 9.24. The molecule has 2 aliphatic heterocycles. The van der Waals surface area contributed by atoms with Gasteiger partial charge in [0.1, 0.15) is 0 Å². The van der Waals surface area contributed by atoms with Crippen LogP contribution in [0.3, 0.4) is 0 Å². The highest BCUT2D eigenvalue weighted by Crippen LogP contribution is 2.38. The summed E-state index contributed by atoms with van der Waals surface area (Å²) in [6.45, 7) is 3.61. The number of benzene rings is 1. The van der Waals surface area contributed by atoms with E-state index in [-0.39, 0.29) is 5.56 Å². The minimum atomic E-state index is -4.65. The molecule has 0 spiro atoms. The van der Waals surface area contributed by atoms with Gasteiger partial charge >= 0.3 is 12.1 Å². The fourth-order valence-corrected chi connectivity index (χ4v) is 3.75. The molecular formula is C19H24F3N3O3. The summed E-state index contributed by atoms with van der Waals surface area (Å²) in [6.07, 6.45) is -4.65. The summed E-state index contributed by atoms with van der Waals surface area (Å²) >= 11 is 0. The highest BCUT2D eigenvalue weighted by Gasteiger charge is 2.53. The predicted octanol–water partition coefficient (Wildman–Crippen LogP) is 1.77. The molecule has 154 valence electrons.